The lowest BCUT2D eigenvalue weighted by molar-refractivity contribution is -0.127. The van der Waals surface area contributed by atoms with Crippen LogP contribution in [0.5, 0.6) is 0 Å². The van der Waals surface area contributed by atoms with Crippen molar-refractivity contribution in [3.63, 3.8) is 0 Å². The molecular formula is C9H12F6OS. The van der Waals surface area contributed by atoms with E-state index in [0.29, 0.717) is 11.8 Å². The van der Waals surface area contributed by atoms with Gasteiger partial charge in [0.05, 0.1) is 0 Å². The van der Waals surface area contributed by atoms with Crippen molar-refractivity contribution < 1.29 is 31.1 Å². The summed E-state index contributed by atoms with van der Waals surface area (Å²) in [4.78, 5) is 10.7. The SMILES string of the molecule is CCC(=O)SCCC(F)(F)C(F)C(F)C(F)F. The fourth-order valence-corrected chi connectivity index (χ4v) is 1.71. The van der Waals surface area contributed by atoms with Gasteiger partial charge in [-0.2, -0.15) is 0 Å². The maximum Gasteiger partial charge on any atom is 0.282 e. The quantitative estimate of drug-likeness (QED) is 0.663. The molecule has 0 bridgehead atoms. The monoisotopic (exact) mass is 282 g/mol. The standard InChI is InChI=1S/C9H12F6OS/c1-2-5(16)17-4-3-9(14,15)7(11)6(10)8(12)13/h6-8H,2-4H2,1H3. The first-order valence-corrected chi connectivity index (χ1v) is 5.80. The van der Waals surface area contributed by atoms with E-state index in [1.165, 1.54) is 6.92 Å². The van der Waals surface area contributed by atoms with Crippen molar-refractivity contribution in [3.8, 4) is 0 Å². The van der Waals surface area contributed by atoms with Gasteiger partial charge in [0.1, 0.15) is 0 Å². The van der Waals surface area contributed by atoms with Crippen molar-refractivity contribution in [2.75, 3.05) is 5.75 Å². The van der Waals surface area contributed by atoms with Crippen LogP contribution in [0.1, 0.15) is 19.8 Å². The molecule has 0 aromatic rings. The van der Waals surface area contributed by atoms with Crippen molar-refractivity contribution in [2.45, 2.75) is 44.5 Å². The average Bonchev–Trinajstić information content (AvgIpc) is 2.26. The summed E-state index contributed by atoms with van der Waals surface area (Å²) in [6.45, 7) is 1.51. The Bertz CT molecular complexity index is 248. The summed E-state index contributed by atoms with van der Waals surface area (Å²) in [5.41, 5.74) is 0. The molecule has 0 saturated heterocycles. The lowest BCUT2D eigenvalue weighted by atomic mass is 10.1. The van der Waals surface area contributed by atoms with Gasteiger partial charge in [-0.15, -0.1) is 0 Å². The van der Waals surface area contributed by atoms with Gasteiger partial charge in [-0.3, -0.25) is 4.79 Å². The van der Waals surface area contributed by atoms with Crippen molar-refractivity contribution >= 4 is 16.9 Å². The molecule has 0 spiro atoms. The molecule has 8 heteroatoms. The zero-order valence-corrected chi connectivity index (χ0v) is 9.75. The number of halogens is 6. The predicted molar refractivity (Wildman–Crippen MR) is 53.1 cm³/mol. The van der Waals surface area contributed by atoms with Gasteiger partial charge in [0, 0.05) is 18.6 Å². The third-order valence-electron chi connectivity index (χ3n) is 1.91. The zero-order valence-electron chi connectivity index (χ0n) is 8.94. The Hall–Kier alpha value is -0.400. The van der Waals surface area contributed by atoms with Gasteiger partial charge in [0.15, 0.2) is 17.5 Å². The van der Waals surface area contributed by atoms with Gasteiger partial charge in [-0.05, 0) is 0 Å². The molecule has 2 atom stereocenters. The molecule has 0 heterocycles. The minimum atomic E-state index is -4.20. The van der Waals surface area contributed by atoms with Crippen molar-refractivity contribution in [3.05, 3.63) is 0 Å². The van der Waals surface area contributed by atoms with Crippen LogP contribution in [0.25, 0.3) is 0 Å². The fourth-order valence-electron chi connectivity index (χ4n) is 0.902. The Labute approximate surface area is 98.9 Å². The third kappa shape index (κ3) is 5.65. The maximum atomic E-state index is 12.9. The highest BCUT2D eigenvalue weighted by atomic mass is 32.2. The molecule has 0 rings (SSSR count). The van der Waals surface area contributed by atoms with Gasteiger partial charge in [0.25, 0.3) is 12.3 Å². The van der Waals surface area contributed by atoms with Crippen molar-refractivity contribution in [1.29, 1.82) is 0 Å². The van der Waals surface area contributed by atoms with Crippen LogP contribution < -0.4 is 0 Å². The highest BCUT2D eigenvalue weighted by Crippen LogP contribution is 2.32. The topological polar surface area (TPSA) is 17.1 Å². The van der Waals surface area contributed by atoms with E-state index >= 15 is 0 Å². The van der Waals surface area contributed by atoms with Crippen molar-refractivity contribution in [1.82, 2.24) is 0 Å². The van der Waals surface area contributed by atoms with E-state index in [1.807, 2.05) is 0 Å². The number of carbonyl (C=O) groups is 1. The summed E-state index contributed by atoms with van der Waals surface area (Å²) in [6, 6.07) is 0. The molecule has 0 N–H and O–H groups in total. The van der Waals surface area contributed by atoms with E-state index < -0.39 is 36.9 Å². The molecule has 0 amide bonds. The summed E-state index contributed by atoms with van der Waals surface area (Å²) in [6.07, 6.45) is -11.9. The summed E-state index contributed by atoms with van der Waals surface area (Å²) in [5, 5.41) is -0.373. The van der Waals surface area contributed by atoms with Crippen LogP contribution >= 0.6 is 11.8 Å². The van der Waals surface area contributed by atoms with Gasteiger partial charge in [0.2, 0.25) is 0 Å². The number of hydrogen-bond donors (Lipinski definition) is 0. The Balaban J connectivity index is 4.22. The number of carbonyl (C=O) groups excluding carboxylic acids is 1. The molecule has 102 valence electrons. The fraction of sp³-hybridized carbons (Fsp3) is 0.889. The van der Waals surface area contributed by atoms with Crippen LogP contribution in [0.2, 0.25) is 0 Å². The van der Waals surface area contributed by atoms with E-state index in [2.05, 4.69) is 0 Å². The molecule has 2 unspecified atom stereocenters. The van der Waals surface area contributed by atoms with Crippen LogP contribution in [0.15, 0.2) is 0 Å². The third-order valence-corrected chi connectivity index (χ3v) is 2.93. The minimum Gasteiger partial charge on any atom is -0.287 e. The highest BCUT2D eigenvalue weighted by Gasteiger charge is 2.48. The van der Waals surface area contributed by atoms with Gasteiger partial charge in [-0.25, -0.2) is 26.3 Å². The summed E-state index contributed by atoms with van der Waals surface area (Å²) in [7, 11) is 0. The second-order valence-electron chi connectivity index (χ2n) is 3.27. The van der Waals surface area contributed by atoms with E-state index in [9.17, 15) is 31.1 Å². The van der Waals surface area contributed by atoms with Crippen LogP contribution in [0.4, 0.5) is 26.3 Å². The molecule has 0 aliphatic rings. The predicted octanol–water partition coefficient (Wildman–Crippen LogP) is 3.62. The number of hydrogen-bond acceptors (Lipinski definition) is 2. The van der Waals surface area contributed by atoms with E-state index in [0.717, 1.165) is 0 Å². The molecule has 0 aliphatic heterocycles. The molecule has 0 saturated carbocycles. The molecule has 1 nitrogen and oxygen atoms in total. The van der Waals surface area contributed by atoms with E-state index in [4.69, 9.17) is 0 Å². The lowest BCUT2D eigenvalue weighted by Crippen LogP contribution is -2.41. The Morgan fingerprint density at radius 1 is 1.24 bits per heavy atom. The van der Waals surface area contributed by atoms with Crippen LogP contribution in [0, 0.1) is 0 Å². The first-order valence-electron chi connectivity index (χ1n) is 4.82. The minimum absolute atomic E-state index is 0.123. The van der Waals surface area contributed by atoms with Crippen LogP contribution in [-0.4, -0.2) is 35.6 Å². The van der Waals surface area contributed by atoms with Gasteiger partial charge >= 0.3 is 0 Å². The molecule has 0 radical (unpaired) electrons. The van der Waals surface area contributed by atoms with Crippen LogP contribution in [-0.2, 0) is 4.79 Å². The van der Waals surface area contributed by atoms with E-state index in [-0.39, 0.29) is 11.5 Å². The average molecular weight is 282 g/mol. The number of thioether (sulfide) groups is 1. The second-order valence-corrected chi connectivity index (χ2v) is 4.42. The van der Waals surface area contributed by atoms with Gasteiger partial charge < -0.3 is 0 Å². The zero-order chi connectivity index (χ0) is 13.6. The Morgan fingerprint density at radius 2 is 1.76 bits per heavy atom. The maximum absolute atomic E-state index is 12.9. The molecule has 0 aromatic heterocycles. The smallest absolute Gasteiger partial charge is 0.282 e. The second kappa shape index (κ2) is 7.13. The first-order chi connectivity index (χ1) is 7.72. The summed E-state index contributed by atoms with van der Waals surface area (Å²) >= 11 is 0.545. The van der Waals surface area contributed by atoms with Crippen molar-refractivity contribution in [2.24, 2.45) is 0 Å². The first kappa shape index (κ1) is 16.6. The molecule has 0 aromatic carbocycles. The molecule has 17 heavy (non-hydrogen) atoms. The highest BCUT2D eigenvalue weighted by molar-refractivity contribution is 8.13. The lowest BCUT2D eigenvalue weighted by Gasteiger charge is -2.22. The number of alkyl halides is 6. The molecule has 0 fully saturated rings. The van der Waals surface area contributed by atoms with Crippen LogP contribution in [0.3, 0.4) is 0 Å². The Morgan fingerprint density at radius 3 is 2.18 bits per heavy atom. The largest absolute Gasteiger partial charge is 0.287 e. The van der Waals surface area contributed by atoms with E-state index in [1.54, 1.807) is 0 Å². The Kier molecular flexibility index (Phi) is 6.96. The number of rotatable bonds is 7. The van der Waals surface area contributed by atoms with Gasteiger partial charge in [-0.1, -0.05) is 18.7 Å². The molecule has 0 aliphatic carbocycles. The summed E-state index contributed by atoms with van der Waals surface area (Å²) < 4.78 is 74.4. The summed E-state index contributed by atoms with van der Waals surface area (Å²) in [5.74, 6) is -4.63. The normalized spacial score (nSPS) is 16.0. The molecular weight excluding hydrogens is 270 g/mol.